The van der Waals surface area contributed by atoms with Gasteiger partial charge in [0.1, 0.15) is 5.75 Å². The molecule has 5 nitrogen and oxygen atoms in total. The van der Waals surface area contributed by atoms with Crippen molar-refractivity contribution in [2.45, 2.75) is 19.8 Å². The van der Waals surface area contributed by atoms with E-state index >= 15 is 0 Å². The van der Waals surface area contributed by atoms with Crippen molar-refractivity contribution in [1.82, 2.24) is 20.2 Å². The monoisotopic (exact) mass is 268 g/mol. The second-order valence-electron chi connectivity index (χ2n) is 4.96. The highest BCUT2D eigenvalue weighted by Crippen LogP contribution is 2.32. The van der Waals surface area contributed by atoms with Gasteiger partial charge in [-0.05, 0) is 23.6 Å². The number of ether oxygens (including phenoxy) is 1. The summed E-state index contributed by atoms with van der Waals surface area (Å²) in [5.41, 5.74) is 3.89. The van der Waals surface area contributed by atoms with Crippen LogP contribution in [0.15, 0.2) is 30.7 Å². The zero-order valence-corrected chi connectivity index (χ0v) is 11.7. The largest absolute Gasteiger partial charge is 0.495 e. The molecule has 102 valence electrons. The van der Waals surface area contributed by atoms with Crippen molar-refractivity contribution < 1.29 is 4.74 Å². The van der Waals surface area contributed by atoms with Gasteiger partial charge in [0.05, 0.1) is 24.4 Å². The van der Waals surface area contributed by atoms with Gasteiger partial charge in [-0.15, -0.1) is 0 Å². The summed E-state index contributed by atoms with van der Waals surface area (Å²) in [6, 6.07) is 3.96. The van der Waals surface area contributed by atoms with Gasteiger partial charge in [-0.25, -0.2) is 4.98 Å². The first-order valence-electron chi connectivity index (χ1n) is 6.53. The van der Waals surface area contributed by atoms with E-state index in [9.17, 15) is 0 Å². The first-order chi connectivity index (χ1) is 9.70. The van der Waals surface area contributed by atoms with Gasteiger partial charge in [-0.3, -0.25) is 10.1 Å². The second kappa shape index (κ2) is 4.92. The first kappa shape index (κ1) is 12.6. The summed E-state index contributed by atoms with van der Waals surface area (Å²) in [6.07, 6.45) is 5.30. The summed E-state index contributed by atoms with van der Waals surface area (Å²) in [5, 5.41) is 8.43. The third-order valence-corrected chi connectivity index (χ3v) is 3.30. The number of rotatable bonds is 3. The molecule has 0 saturated carbocycles. The molecule has 3 aromatic heterocycles. The summed E-state index contributed by atoms with van der Waals surface area (Å²) in [7, 11) is 1.64. The lowest BCUT2D eigenvalue weighted by molar-refractivity contribution is 0.413. The molecule has 3 heterocycles. The molecule has 3 rings (SSSR count). The lowest BCUT2D eigenvalue weighted by atomic mass is 9.99. The average molecular weight is 268 g/mol. The highest BCUT2D eigenvalue weighted by molar-refractivity contribution is 5.94. The van der Waals surface area contributed by atoms with E-state index in [-0.39, 0.29) is 0 Å². The number of hydrogen-bond donors (Lipinski definition) is 1. The minimum atomic E-state index is 0.324. The van der Waals surface area contributed by atoms with Gasteiger partial charge in [-0.1, -0.05) is 13.8 Å². The Morgan fingerprint density at radius 1 is 1.25 bits per heavy atom. The van der Waals surface area contributed by atoms with Gasteiger partial charge in [0, 0.05) is 18.0 Å². The van der Waals surface area contributed by atoms with Gasteiger partial charge in [-0.2, -0.15) is 5.10 Å². The number of methoxy groups -OCH3 is 1. The Kier molecular flexibility index (Phi) is 3.10. The summed E-state index contributed by atoms with van der Waals surface area (Å²) in [4.78, 5) is 8.56. The second-order valence-corrected chi connectivity index (χ2v) is 4.96. The van der Waals surface area contributed by atoms with Crippen LogP contribution in [0.5, 0.6) is 5.75 Å². The lowest BCUT2D eigenvalue weighted by Gasteiger charge is -2.07. The fourth-order valence-electron chi connectivity index (χ4n) is 2.31. The number of nitrogens with one attached hydrogen (secondary N) is 1. The molecule has 0 atom stereocenters. The van der Waals surface area contributed by atoms with E-state index < -0.39 is 0 Å². The van der Waals surface area contributed by atoms with Gasteiger partial charge >= 0.3 is 0 Å². The van der Waals surface area contributed by atoms with Crippen LogP contribution in [0, 0.1) is 0 Å². The first-order valence-corrected chi connectivity index (χ1v) is 6.53. The topological polar surface area (TPSA) is 63.7 Å². The Morgan fingerprint density at radius 3 is 2.85 bits per heavy atom. The number of nitrogens with zero attached hydrogens (tertiary/aromatic N) is 3. The van der Waals surface area contributed by atoms with Gasteiger partial charge in [0.25, 0.3) is 0 Å². The minimum Gasteiger partial charge on any atom is -0.495 e. The molecular formula is C15H16N4O. The van der Waals surface area contributed by atoms with Crippen LogP contribution >= 0.6 is 0 Å². The van der Waals surface area contributed by atoms with E-state index in [2.05, 4.69) is 34.0 Å². The van der Waals surface area contributed by atoms with Crippen molar-refractivity contribution >= 4 is 11.0 Å². The molecule has 0 aromatic carbocycles. The molecule has 0 aliphatic heterocycles. The van der Waals surface area contributed by atoms with Crippen molar-refractivity contribution in [1.29, 1.82) is 0 Å². The molecule has 3 aromatic rings. The van der Waals surface area contributed by atoms with E-state index in [0.29, 0.717) is 5.92 Å². The van der Waals surface area contributed by atoms with Crippen molar-refractivity contribution in [3.05, 3.63) is 36.4 Å². The van der Waals surface area contributed by atoms with Crippen molar-refractivity contribution in [3.8, 4) is 16.9 Å². The van der Waals surface area contributed by atoms with Gasteiger partial charge in [0.2, 0.25) is 0 Å². The molecule has 0 bridgehead atoms. The standard InChI is InChI=1S/C15H16N4O/c1-9(2)14-13-12(4-5-17-15(13)19-18-14)10-6-11(20-3)8-16-7-10/h4-9H,1-3H3,(H,17,18,19). The van der Waals surface area contributed by atoms with Crippen LogP contribution in [0.2, 0.25) is 0 Å². The Balaban J connectivity index is 2.27. The smallest absolute Gasteiger partial charge is 0.155 e. The molecule has 1 N–H and O–H groups in total. The molecule has 0 amide bonds. The molecule has 20 heavy (non-hydrogen) atoms. The lowest BCUT2D eigenvalue weighted by Crippen LogP contribution is -1.91. The summed E-state index contributed by atoms with van der Waals surface area (Å²) in [6.45, 7) is 4.24. The number of H-pyrrole nitrogens is 1. The highest BCUT2D eigenvalue weighted by Gasteiger charge is 2.15. The van der Waals surface area contributed by atoms with Crippen LogP contribution in [0.3, 0.4) is 0 Å². The average Bonchev–Trinajstić information content (AvgIpc) is 2.91. The molecular weight excluding hydrogens is 252 g/mol. The Bertz CT molecular complexity index is 748. The van der Waals surface area contributed by atoms with Crippen molar-refractivity contribution in [2.75, 3.05) is 7.11 Å². The van der Waals surface area contributed by atoms with E-state index in [1.165, 1.54) is 0 Å². The SMILES string of the molecule is COc1cncc(-c2ccnc3[nH]nc(C(C)C)c23)c1. The van der Waals surface area contributed by atoms with Crippen LogP contribution in [-0.2, 0) is 0 Å². The minimum absolute atomic E-state index is 0.324. The van der Waals surface area contributed by atoms with E-state index in [1.54, 1.807) is 19.5 Å². The molecule has 0 spiro atoms. The third-order valence-electron chi connectivity index (χ3n) is 3.30. The number of aromatic amines is 1. The summed E-state index contributed by atoms with van der Waals surface area (Å²) < 4.78 is 5.25. The summed E-state index contributed by atoms with van der Waals surface area (Å²) >= 11 is 0. The van der Waals surface area contributed by atoms with Crippen LogP contribution in [0.4, 0.5) is 0 Å². The molecule has 0 aliphatic rings. The number of hydrogen-bond acceptors (Lipinski definition) is 4. The fourth-order valence-corrected chi connectivity index (χ4v) is 2.31. The normalized spacial score (nSPS) is 11.2. The molecule has 0 aliphatic carbocycles. The van der Waals surface area contributed by atoms with Crippen LogP contribution < -0.4 is 4.74 Å². The van der Waals surface area contributed by atoms with E-state index in [0.717, 1.165) is 33.6 Å². The molecule has 0 unspecified atom stereocenters. The van der Waals surface area contributed by atoms with Crippen molar-refractivity contribution in [2.24, 2.45) is 0 Å². The maximum absolute atomic E-state index is 5.25. The van der Waals surface area contributed by atoms with Crippen LogP contribution in [0.25, 0.3) is 22.2 Å². The maximum Gasteiger partial charge on any atom is 0.155 e. The van der Waals surface area contributed by atoms with Gasteiger partial charge in [0.15, 0.2) is 5.65 Å². The number of aromatic nitrogens is 4. The zero-order valence-electron chi connectivity index (χ0n) is 11.7. The Morgan fingerprint density at radius 2 is 2.10 bits per heavy atom. The third kappa shape index (κ3) is 2.01. The molecule has 0 fully saturated rings. The summed E-state index contributed by atoms with van der Waals surface area (Å²) in [5.74, 6) is 1.06. The van der Waals surface area contributed by atoms with E-state index in [1.807, 2.05) is 18.3 Å². The fraction of sp³-hybridized carbons (Fsp3) is 0.267. The van der Waals surface area contributed by atoms with Crippen LogP contribution in [0.1, 0.15) is 25.5 Å². The molecule has 5 heteroatoms. The zero-order chi connectivity index (χ0) is 14.1. The Hall–Kier alpha value is -2.43. The number of pyridine rings is 2. The Labute approximate surface area is 117 Å². The molecule has 0 radical (unpaired) electrons. The quantitative estimate of drug-likeness (QED) is 0.792. The van der Waals surface area contributed by atoms with E-state index in [4.69, 9.17) is 4.74 Å². The maximum atomic E-state index is 5.25. The predicted molar refractivity (Wildman–Crippen MR) is 77.8 cm³/mol. The van der Waals surface area contributed by atoms with Gasteiger partial charge < -0.3 is 4.74 Å². The van der Waals surface area contributed by atoms with Crippen molar-refractivity contribution in [3.63, 3.8) is 0 Å². The molecule has 0 saturated heterocycles. The predicted octanol–water partition coefficient (Wildman–Crippen LogP) is 3.15. The number of fused-ring (bicyclic) bond motifs is 1. The van der Waals surface area contributed by atoms with Crippen LogP contribution in [-0.4, -0.2) is 27.3 Å². The highest BCUT2D eigenvalue weighted by atomic mass is 16.5.